The molecule has 0 radical (unpaired) electrons. The first-order valence-electron chi connectivity index (χ1n) is 6.73. The Hall–Kier alpha value is -1.85. The summed E-state index contributed by atoms with van der Waals surface area (Å²) in [5.41, 5.74) is 1.77. The Balaban J connectivity index is 1.88. The van der Waals surface area contributed by atoms with Gasteiger partial charge in [-0.2, -0.15) is 0 Å². The molecule has 1 heterocycles. The molecule has 5 heteroatoms. The number of aliphatic hydroxyl groups is 1. The summed E-state index contributed by atoms with van der Waals surface area (Å²) in [6, 6.07) is 11.4. The molecule has 2 N–H and O–H groups in total. The maximum atomic E-state index is 11.8. The second-order valence-electron chi connectivity index (χ2n) is 4.73. The first kappa shape index (κ1) is 15.5. The van der Waals surface area contributed by atoms with Gasteiger partial charge in [-0.25, -0.2) is 0 Å². The maximum absolute atomic E-state index is 11.8. The lowest BCUT2D eigenvalue weighted by atomic mass is 10.2. The van der Waals surface area contributed by atoms with Crippen LogP contribution in [0.4, 0.5) is 0 Å². The van der Waals surface area contributed by atoms with E-state index in [-0.39, 0.29) is 12.5 Å². The van der Waals surface area contributed by atoms with E-state index >= 15 is 0 Å². The molecular formula is C16H18N2O2S. The zero-order chi connectivity index (χ0) is 15.1. The highest BCUT2D eigenvalue weighted by atomic mass is 32.2. The molecule has 0 saturated heterocycles. The zero-order valence-corrected chi connectivity index (χ0v) is 12.6. The largest absolute Gasteiger partial charge is 0.392 e. The number of rotatable bonds is 6. The second-order valence-corrected chi connectivity index (χ2v) is 5.78. The molecule has 0 bridgehead atoms. The molecule has 1 atom stereocenters. The van der Waals surface area contributed by atoms with Gasteiger partial charge in [0.05, 0.1) is 6.10 Å². The normalized spacial score (nSPS) is 11.9. The highest BCUT2D eigenvalue weighted by Gasteiger charge is 2.06. The van der Waals surface area contributed by atoms with Gasteiger partial charge in [-0.1, -0.05) is 6.07 Å². The van der Waals surface area contributed by atoms with Crippen molar-refractivity contribution < 1.29 is 9.90 Å². The SMILES string of the molecule is CC(O)CNC(=O)c1ccc(SCc2cccnc2)cc1. The molecule has 1 aromatic heterocycles. The van der Waals surface area contributed by atoms with Crippen LogP contribution in [-0.4, -0.2) is 28.6 Å². The lowest BCUT2D eigenvalue weighted by molar-refractivity contribution is 0.0924. The Morgan fingerprint density at radius 3 is 2.71 bits per heavy atom. The number of nitrogens with one attached hydrogen (secondary N) is 1. The molecule has 0 aliphatic heterocycles. The predicted octanol–water partition coefficient (Wildman–Crippen LogP) is 2.48. The van der Waals surface area contributed by atoms with E-state index in [1.807, 2.05) is 30.5 Å². The van der Waals surface area contributed by atoms with Crippen LogP contribution in [-0.2, 0) is 5.75 Å². The van der Waals surface area contributed by atoms with Crippen molar-refractivity contribution in [1.29, 1.82) is 0 Å². The van der Waals surface area contributed by atoms with Gasteiger partial charge in [0, 0.05) is 35.2 Å². The smallest absolute Gasteiger partial charge is 0.251 e. The van der Waals surface area contributed by atoms with E-state index in [0.717, 1.165) is 10.6 Å². The predicted molar refractivity (Wildman–Crippen MR) is 84.3 cm³/mol. The van der Waals surface area contributed by atoms with Crippen molar-refractivity contribution in [2.45, 2.75) is 23.7 Å². The van der Waals surface area contributed by atoms with Crippen LogP contribution >= 0.6 is 11.8 Å². The van der Waals surface area contributed by atoms with E-state index < -0.39 is 6.10 Å². The van der Waals surface area contributed by atoms with Crippen LogP contribution in [0.25, 0.3) is 0 Å². The number of aliphatic hydroxyl groups excluding tert-OH is 1. The zero-order valence-electron chi connectivity index (χ0n) is 11.8. The van der Waals surface area contributed by atoms with Crippen molar-refractivity contribution >= 4 is 17.7 Å². The van der Waals surface area contributed by atoms with Gasteiger partial charge in [0.1, 0.15) is 0 Å². The molecule has 1 unspecified atom stereocenters. The average molecular weight is 302 g/mol. The minimum Gasteiger partial charge on any atom is -0.392 e. The molecule has 21 heavy (non-hydrogen) atoms. The number of benzene rings is 1. The third-order valence-electron chi connectivity index (χ3n) is 2.80. The van der Waals surface area contributed by atoms with Crippen LogP contribution < -0.4 is 5.32 Å². The number of aromatic nitrogens is 1. The Morgan fingerprint density at radius 1 is 1.33 bits per heavy atom. The first-order chi connectivity index (χ1) is 10.1. The number of carbonyl (C=O) groups excluding carboxylic acids is 1. The molecule has 2 rings (SSSR count). The third kappa shape index (κ3) is 5.21. The third-order valence-corrected chi connectivity index (χ3v) is 3.89. The summed E-state index contributed by atoms with van der Waals surface area (Å²) < 4.78 is 0. The summed E-state index contributed by atoms with van der Waals surface area (Å²) in [4.78, 5) is 17.0. The minimum atomic E-state index is -0.539. The van der Waals surface area contributed by atoms with E-state index in [0.29, 0.717) is 5.56 Å². The van der Waals surface area contributed by atoms with Gasteiger partial charge in [-0.15, -0.1) is 11.8 Å². The van der Waals surface area contributed by atoms with Crippen molar-refractivity contribution in [2.24, 2.45) is 0 Å². The molecular weight excluding hydrogens is 284 g/mol. The monoisotopic (exact) mass is 302 g/mol. The summed E-state index contributed by atoms with van der Waals surface area (Å²) in [5, 5.41) is 11.8. The van der Waals surface area contributed by atoms with Crippen LogP contribution in [0.3, 0.4) is 0 Å². The van der Waals surface area contributed by atoms with Gasteiger partial charge >= 0.3 is 0 Å². The Kier molecular flexibility index (Phi) is 5.78. The molecule has 4 nitrogen and oxygen atoms in total. The fraction of sp³-hybridized carbons (Fsp3) is 0.250. The van der Waals surface area contributed by atoms with E-state index in [4.69, 9.17) is 5.11 Å². The van der Waals surface area contributed by atoms with Crippen LogP contribution in [0, 0.1) is 0 Å². The van der Waals surface area contributed by atoms with E-state index in [2.05, 4.69) is 10.3 Å². The maximum Gasteiger partial charge on any atom is 0.251 e. The average Bonchev–Trinajstić information content (AvgIpc) is 2.52. The van der Waals surface area contributed by atoms with Crippen LogP contribution in [0.5, 0.6) is 0 Å². The van der Waals surface area contributed by atoms with E-state index in [1.54, 1.807) is 37.0 Å². The standard InChI is InChI=1S/C16H18N2O2S/c1-12(19)9-18-16(20)14-4-6-15(7-5-14)21-11-13-3-2-8-17-10-13/h2-8,10,12,19H,9,11H2,1H3,(H,18,20). The van der Waals surface area contributed by atoms with E-state index in [1.165, 1.54) is 5.56 Å². The van der Waals surface area contributed by atoms with Gasteiger partial charge in [-0.05, 0) is 42.8 Å². The summed E-state index contributed by atoms with van der Waals surface area (Å²) >= 11 is 1.70. The fourth-order valence-corrected chi connectivity index (χ4v) is 2.53. The van der Waals surface area contributed by atoms with Crippen LogP contribution in [0.1, 0.15) is 22.8 Å². The molecule has 1 aromatic carbocycles. The van der Waals surface area contributed by atoms with Crippen molar-refractivity contribution in [3.05, 3.63) is 59.9 Å². The topological polar surface area (TPSA) is 62.2 Å². The van der Waals surface area contributed by atoms with Crippen LogP contribution in [0.2, 0.25) is 0 Å². The number of pyridine rings is 1. The van der Waals surface area contributed by atoms with Crippen molar-refractivity contribution in [3.63, 3.8) is 0 Å². The summed E-state index contributed by atoms with van der Waals surface area (Å²) in [6.07, 6.45) is 3.07. The van der Waals surface area contributed by atoms with Gasteiger partial charge in [0.15, 0.2) is 0 Å². The van der Waals surface area contributed by atoms with Gasteiger partial charge in [0.2, 0.25) is 0 Å². The lowest BCUT2D eigenvalue weighted by Crippen LogP contribution is -2.30. The number of amides is 1. The number of nitrogens with zero attached hydrogens (tertiary/aromatic N) is 1. The molecule has 0 aliphatic rings. The molecule has 110 valence electrons. The minimum absolute atomic E-state index is 0.167. The number of thioether (sulfide) groups is 1. The molecule has 2 aromatic rings. The van der Waals surface area contributed by atoms with Gasteiger partial charge in [-0.3, -0.25) is 9.78 Å². The molecule has 0 spiro atoms. The highest BCUT2D eigenvalue weighted by molar-refractivity contribution is 7.98. The van der Waals surface area contributed by atoms with Gasteiger partial charge in [0.25, 0.3) is 5.91 Å². The van der Waals surface area contributed by atoms with Crippen molar-refractivity contribution in [1.82, 2.24) is 10.3 Å². The molecule has 0 saturated carbocycles. The van der Waals surface area contributed by atoms with Crippen molar-refractivity contribution in [3.8, 4) is 0 Å². The Bertz CT molecular complexity index is 571. The summed E-state index contributed by atoms with van der Waals surface area (Å²) in [7, 11) is 0. The van der Waals surface area contributed by atoms with E-state index in [9.17, 15) is 4.79 Å². The van der Waals surface area contributed by atoms with Crippen molar-refractivity contribution in [2.75, 3.05) is 6.54 Å². The Labute approximate surface area is 128 Å². The number of carbonyl (C=O) groups is 1. The lowest BCUT2D eigenvalue weighted by Gasteiger charge is -2.07. The molecule has 1 amide bonds. The second kappa shape index (κ2) is 7.81. The van der Waals surface area contributed by atoms with Crippen LogP contribution in [0.15, 0.2) is 53.7 Å². The number of hydrogen-bond donors (Lipinski definition) is 2. The van der Waals surface area contributed by atoms with Gasteiger partial charge < -0.3 is 10.4 Å². The first-order valence-corrected chi connectivity index (χ1v) is 7.72. The Morgan fingerprint density at radius 2 is 2.10 bits per heavy atom. The summed E-state index contributed by atoms with van der Waals surface area (Å²) in [6.45, 7) is 1.90. The summed E-state index contributed by atoms with van der Waals surface area (Å²) in [5.74, 6) is 0.682. The fourth-order valence-electron chi connectivity index (χ4n) is 1.70. The molecule has 0 aliphatic carbocycles. The highest BCUT2D eigenvalue weighted by Crippen LogP contribution is 2.22. The number of hydrogen-bond acceptors (Lipinski definition) is 4. The molecule has 0 fully saturated rings. The quantitative estimate of drug-likeness (QED) is 0.805.